The summed E-state index contributed by atoms with van der Waals surface area (Å²) in [6.45, 7) is 10.5. The highest BCUT2D eigenvalue weighted by atomic mass is 19.1. The second kappa shape index (κ2) is 14.3. The van der Waals surface area contributed by atoms with Crippen molar-refractivity contribution in [3.8, 4) is 0 Å². The highest BCUT2D eigenvalue weighted by Crippen LogP contribution is 2.19. The molecule has 11 heteroatoms. The number of hydrogen-bond acceptors (Lipinski definition) is 8. The number of benzene rings is 2. The SMILES string of the molecule is COC(=O)C(Cc1ccc(N/C=C(\C=N)c2cc(F)cc(CNC(=O)OC(C)(C)C)c2)cc1)NC(=O)OC(C)(C)C. The van der Waals surface area contributed by atoms with Gasteiger partial charge in [-0.15, -0.1) is 0 Å². The molecular formula is C30H39FN4O6. The van der Waals surface area contributed by atoms with Crippen molar-refractivity contribution in [1.29, 1.82) is 5.41 Å². The van der Waals surface area contributed by atoms with E-state index in [0.29, 0.717) is 22.4 Å². The van der Waals surface area contributed by atoms with Crippen LogP contribution >= 0.6 is 0 Å². The number of alkyl carbamates (subject to hydrolysis) is 2. The van der Waals surface area contributed by atoms with Gasteiger partial charge in [-0.3, -0.25) is 0 Å². The second-order valence-corrected chi connectivity index (χ2v) is 11.2. The molecule has 4 N–H and O–H groups in total. The van der Waals surface area contributed by atoms with Crippen LogP contribution in [0.4, 0.5) is 19.7 Å². The van der Waals surface area contributed by atoms with E-state index >= 15 is 0 Å². The van der Waals surface area contributed by atoms with E-state index in [-0.39, 0.29) is 13.0 Å². The summed E-state index contributed by atoms with van der Waals surface area (Å²) >= 11 is 0. The number of amides is 2. The average molecular weight is 571 g/mol. The van der Waals surface area contributed by atoms with Crippen LogP contribution in [0.5, 0.6) is 0 Å². The molecule has 1 unspecified atom stereocenters. The van der Waals surface area contributed by atoms with Crippen LogP contribution in [0.25, 0.3) is 5.57 Å². The number of carbonyl (C=O) groups excluding carboxylic acids is 3. The zero-order valence-corrected chi connectivity index (χ0v) is 24.5. The molecule has 1 atom stereocenters. The summed E-state index contributed by atoms with van der Waals surface area (Å²) in [6.07, 6.45) is 1.48. The summed E-state index contributed by atoms with van der Waals surface area (Å²) in [6, 6.07) is 10.4. The van der Waals surface area contributed by atoms with E-state index in [1.54, 1.807) is 78.1 Å². The first kappa shape index (κ1) is 32.8. The van der Waals surface area contributed by atoms with Gasteiger partial charge in [-0.25, -0.2) is 18.8 Å². The van der Waals surface area contributed by atoms with Gasteiger partial charge < -0.3 is 35.6 Å². The predicted molar refractivity (Wildman–Crippen MR) is 155 cm³/mol. The van der Waals surface area contributed by atoms with Crippen molar-refractivity contribution in [2.45, 2.75) is 71.8 Å². The van der Waals surface area contributed by atoms with Crippen molar-refractivity contribution in [2.24, 2.45) is 0 Å². The number of methoxy groups -OCH3 is 1. The molecule has 2 aromatic carbocycles. The third-order valence-electron chi connectivity index (χ3n) is 5.25. The molecule has 0 radical (unpaired) electrons. The monoisotopic (exact) mass is 570 g/mol. The van der Waals surface area contributed by atoms with Gasteiger partial charge in [0.2, 0.25) is 0 Å². The number of carbonyl (C=O) groups is 3. The van der Waals surface area contributed by atoms with Crippen LogP contribution in [0.15, 0.2) is 48.7 Å². The maximum absolute atomic E-state index is 14.3. The Balaban J connectivity index is 2.09. The van der Waals surface area contributed by atoms with E-state index in [1.807, 2.05) is 0 Å². The number of halogens is 1. The zero-order valence-electron chi connectivity index (χ0n) is 24.5. The van der Waals surface area contributed by atoms with E-state index < -0.39 is 41.2 Å². The molecule has 10 nitrogen and oxygen atoms in total. The van der Waals surface area contributed by atoms with Crippen molar-refractivity contribution in [1.82, 2.24) is 10.6 Å². The van der Waals surface area contributed by atoms with Crippen LogP contribution in [-0.4, -0.2) is 48.7 Å². The third-order valence-corrected chi connectivity index (χ3v) is 5.25. The van der Waals surface area contributed by atoms with Gasteiger partial charge in [0.1, 0.15) is 23.1 Å². The van der Waals surface area contributed by atoms with Gasteiger partial charge in [-0.05, 0) is 88.6 Å². The molecule has 0 saturated carbocycles. The van der Waals surface area contributed by atoms with Gasteiger partial charge in [0.05, 0.1) is 7.11 Å². The molecule has 0 aromatic heterocycles. The highest BCUT2D eigenvalue weighted by Gasteiger charge is 2.25. The Kier molecular flexibility index (Phi) is 11.4. The number of esters is 1. The summed E-state index contributed by atoms with van der Waals surface area (Å²) in [7, 11) is 1.24. The Morgan fingerprint density at radius 3 is 2.10 bits per heavy atom. The minimum Gasteiger partial charge on any atom is -0.467 e. The quantitative estimate of drug-likeness (QED) is 0.167. The fourth-order valence-corrected chi connectivity index (χ4v) is 3.54. The molecule has 0 saturated heterocycles. The maximum atomic E-state index is 14.3. The van der Waals surface area contributed by atoms with Gasteiger partial charge in [0.15, 0.2) is 0 Å². The number of ether oxygens (including phenoxy) is 3. The Bertz CT molecular complexity index is 1260. The number of allylic oxidation sites excluding steroid dienone is 1. The third kappa shape index (κ3) is 12.1. The van der Waals surface area contributed by atoms with Crippen molar-refractivity contribution in [2.75, 3.05) is 12.4 Å². The van der Waals surface area contributed by atoms with Crippen LogP contribution in [0.1, 0.15) is 58.2 Å². The summed E-state index contributed by atoms with van der Waals surface area (Å²) in [5.74, 6) is -1.12. The molecular weight excluding hydrogens is 531 g/mol. The van der Waals surface area contributed by atoms with E-state index in [9.17, 15) is 18.8 Å². The molecule has 0 heterocycles. The van der Waals surface area contributed by atoms with Crippen LogP contribution in [0, 0.1) is 11.2 Å². The van der Waals surface area contributed by atoms with Crippen LogP contribution < -0.4 is 16.0 Å². The molecule has 0 aliphatic carbocycles. The van der Waals surface area contributed by atoms with Crippen molar-refractivity contribution >= 4 is 35.6 Å². The molecule has 2 amide bonds. The minimum atomic E-state index is -0.940. The Labute approximate surface area is 240 Å². The lowest BCUT2D eigenvalue weighted by molar-refractivity contribution is -0.143. The van der Waals surface area contributed by atoms with Crippen LogP contribution in [0.2, 0.25) is 0 Å². The standard InChI is InChI=1S/C30H39FN4O6/c1-29(2,3)40-27(37)34-17-20-12-21(15-23(31)13-20)22(16-32)18-33-24-10-8-19(9-11-24)14-25(26(36)39-7)35-28(38)41-30(4,5)6/h8-13,15-16,18,25,32-33H,14,17H2,1-7H3,(H,34,37)(H,35,38)/b22-18+,32-16?. The molecule has 0 aliphatic heterocycles. The van der Waals surface area contributed by atoms with Crippen LogP contribution in [0.3, 0.4) is 0 Å². The normalized spacial score (nSPS) is 12.5. The fourth-order valence-electron chi connectivity index (χ4n) is 3.54. The Morgan fingerprint density at radius 2 is 1.54 bits per heavy atom. The molecule has 41 heavy (non-hydrogen) atoms. The zero-order chi connectivity index (χ0) is 30.8. The smallest absolute Gasteiger partial charge is 0.408 e. The van der Waals surface area contributed by atoms with E-state index in [2.05, 4.69) is 16.0 Å². The molecule has 222 valence electrons. The molecule has 0 spiro atoms. The predicted octanol–water partition coefficient (Wildman–Crippen LogP) is 5.56. The highest BCUT2D eigenvalue weighted by molar-refractivity contribution is 6.08. The topological polar surface area (TPSA) is 139 Å². The summed E-state index contributed by atoms with van der Waals surface area (Å²) in [4.78, 5) is 36.3. The van der Waals surface area contributed by atoms with Crippen molar-refractivity contribution < 1.29 is 33.0 Å². The Morgan fingerprint density at radius 1 is 0.927 bits per heavy atom. The lowest BCUT2D eigenvalue weighted by Gasteiger charge is -2.22. The van der Waals surface area contributed by atoms with Gasteiger partial charge in [-0.2, -0.15) is 0 Å². The van der Waals surface area contributed by atoms with Gasteiger partial charge in [-0.1, -0.05) is 12.1 Å². The lowest BCUT2D eigenvalue weighted by Crippen LogP contribution is -2.45. The molecule has 0 fully saturated rings. The largest absolute Gasteiger partial charge is 0.467 e. The number of nitrogens with one attached hydrogen (secondary N) is 4. The van der Waals surface area contributed by atoms with E-state index in [0.717, 1.165) is 11.8 Å². The van der Waals surface area contributed by atoms with Crippen molar-refractivity contribution in [3.05, 3.63) is 71.2 Å². The molecule has 2 aromatic rings. The van der Waals surface area contributed by atoms with Crippen molar-refractivity contribution in [3.63, 3.8) is 0 Å². The number of anilines is 1. The maximum Gasteiger partial charge on any atom is 0.408 e. The number of hydrogen-bond donors (Lipinski definition) is 4. The summed E-state index contributed by atoms with van der Waals surface area (Å²) < 4.78 is 29.6. The number of rotatable bonds is 10. The summed E-state index contributed by atoms with van der Waals surface area (Å²) in [5, 5.41) is 16.0. The fraction of sp³-hybridized carbons (Fsp3) is 0.400. The first-order chi connectivity index (χ1) is 19.1. The average Bonchev–Trinajstić information content (AvgIpc) is 2.85. The first-order valence-electron chi connectivity index (χ1n) is 13.0. The van der Waals surface area contributed by atoms with Gasteiger partial charge in [0, 0.05) is 36.6 Å². The lowest BCUT2D eigenvalue weighted by atomic mass is 10.0. The van der Waals surface area contributed by atoms with Crippen LogP contribution in [-0.2, 0) is 32.0 Å². The summed E-state index contributed by atoms with van der Waals surface area (Å²) in [5.41, 5.74) is 1.40. The van der Waals surface area contributed by atoms with Gasteiger partial charge >= 0.3 is 18.2 Å². The first-order valence-corrected chi connectivity index (χ1v) is 13.0. The van der Waals surface area contributed by atoms with E-state index in [4.69, 9.17) is 19.6 Å². The molecule has 0 aliphatic rings. The van der Waals surface area contributed by atoms with E-state index in [1.165, 1.54) is 19.2 Å². The molecule has 2 rings (SSSR count). The Hall–Kier alpha value is -4.41. The van der Waals surface area contributed by atoms with Gasteiger partial charge in [0.25, 0.3) is 0 Å². The molecule has 0 bridgehead atoms. The second-order valence-electron chi connectivity index (χ2n) is 11.2. The minimum absolute atomic E-state index is 0.0508.